The van der Waals surface area contributed by atoms with E-state index in [1.54, 1.807) is 14.2 Å². The minimum atomic E-state index is 0. The van der Waals surface area contributed by atoms with Gasteiger partial charge in [0, 0.05) is 25.0 Å². The van der Waals surface area contributed by atoms with Crippen LogP contribution in [0.15, 0.2) is 78.9 Å². The quantitative estimate of drug-likeness (QED) is 0.370. The first-order chi connectivity index (χ1) is 16.2. The highest BCUT2D eigenvalue weighted by atomic mass is 35.5. The number of fused-ring (bicyclic) bond motifs is 3. The number of ether oxygens (including phenoxy) is 2. The van der Waals surface area contributed by atoms with Gasteiger partial charge < -0.3 is 14.4 Å². The third kappa shape index (κ3) is 5.25. The van der Waals surface area contributed by atoms with E-state index in [1.807, 2.05) is 12.1 Å². The number of benzene rings is 3. The fourth-order valence-electron chi connectivity index (χ4n) is 6.17. The van der Waals surface area contributed by atoms with Gasteiger partial charge in [-0.25, -0.2) is 0 Å². The topological polar surface area (TPSA) is 24.9 Å². The lowest BCUT2D eigenvalue weighted by Gasteiger charge is -2.56. The van der Waals surface area contributed by atoms with Crippen LogP contribution in [0.5, 0.6) is 11.5 Å². The van der Waals surface area contributed by atoms with Gasteiger partial charge >= 0.3 is 0 Å². The molecule has 3 aliphatic heterocycles. The molecule has 0 radical (unpaired) electrons. The molecule has 0 spiro atoms. The van der Waals surface area contributed by atoms with Gasteiger partial charge in [0.2, 0.25) is 0 Å². The lowest BCUT2D eigenvalue weighted by atomic mass is 9.70. The molecule has 3 fully saturated rings. The van der Waals surface area contributed by atoms with Crippen LogP contribution in [0.25, 0.3) is 0 Å². The van der Waals surface area contributed by atoms with Gasteiger partial charge in [-0.1, -0.05) is 54.6 Å². The van der Waals surface area contributed by atoms with Gasteiger partial charge in [-0.05, 0) is 67.2 Å². The highest BCUT2D eigenvalue weighted by Crippen LogP contribution is 2.46. The summed E-state index contributed by atoms with van der Waals surface area (Å²) in [7, 11) is 5.77. The molecule has 3 aromatic rings. The molecule has 188 valence electrons. The summed E-state index contributed by atoms with van der Waals surface area (Å²) in [4.78, 5) is 5.23. The highest BCUT2D eigenvalue weighted by molar-refractivity contribution is 5.85. The van der Waals surface area contributed by atoms with Crippen LogP contribution in [0.4, 0.5) is 5.69 Å². The van der Waals surface area contributed by atoms with Crippen molar-refractivity contribution in [2.24, 2.45) is 5.92 Å². The Morgan fingerprint density at radius 1 is 0.800 bits per heavy atom. The van der Waals surface area contributed by atoms with Crippen molar-refractivity contribution >= 4 is 30.5 Å². The Labute approximate surface area is 222 Å². The maximum Gasteiger partial charge on any atom is 0.142 e. The smallest absolute Gasteiger partial charge is 0.142 e. The van der Waals surface area contributed by atoms with Crippen LogP contribution in [-0.2, 0) is 0 Å². The zero-order chi connectivity index (χ0) is 22.8. The summed E-state index contributed by atoms with van der Waals surface area (Å²) in [6.45, 7) is 2.33. The third-order valence-corrected chi connectivity index (χ3v) is 7.69. The van der Waals surface area contributed by atoms with E-state index in [0.29, 0.717) is 18.0 Å². The molecule has 0 saturated carbocycles. The van der Waals surface area contributed by atoms with Crippen molar-refractivity contribution in [2.75, 3.05) is 39.3 Å². The zero-order valence-electron chi connectivity index (χ0n) is 20.7. The molecule has 0 N–H and O–H groups in total. The molecule has 3 atom stereocenters. The monoisotopic (exact) mass is 514 g/mol. The molecule has 6 heteroatoms. The molecule has 0 amide bonds. The van der Waals surface area contributed by atoms with Gasteiger partial charge in [-0.3, -0.25) is 4.90 Å². The van der Waals surface area contributed by atoms with Crippen LogP contribution in [-0.4, -0.2) is 51.3 Å². The van der Waals surface area contributed by atoms with E-state index in [1.165, 1.54) is 42.7 Å². The second-order valence-electron chi connectivity index (χ2n) is 9.30. The standard InChI is InChI=1S/C29H34N2O2.2ClH/c1-30(25-14-7-8-15-26(25)33-3)28-22-16-18-31(19-17-22)29(28)27(21-10-5-4-6-11-21)23-12-9-13-24(20-23)32-2;;/h4-15,20,22,27-29H,16-19H2,1-3H3;2*1H. The van der Waals surface area contributed by atoms with E-state index in [2.05, 4.69) is 83.6 Å². The predicted molar refractivity (Wildman–Crippen MR) is 149 cm³/mol. The van der Waals surface area contributed by atoms with Crippen LogP contribution < -0.4 is 14.4 Å². The third-order valence-electron chi connectivity index (χ3n) is 7.69. The molecule has 2 bridgehead atoms. The first-order valence-corrected chi connectivity index (χ1v) is 12.0. The number of halogens is 2. The number of methoxy groups -OCH3 is 2. The molecule has 0 aromatic heterocycles. The van der Waals surface area contributed by atoms with Crippen molar-refractivity contribution in [3.05, 3.63) is 90.0 Å². The van der Waals surface area contributed by atoms with Crippen molar-refractivity contribution in [3.8, 4) is 11.5 Å². The number of hydrogen-bond donors (Lipinski definition) is 0. The van der Waals surface area contributed by atoms with E-state index < -0.39 is 0 Å². The largest absolute Gasteiger partial charge is 0.497 e. The van der Waals surface area contributed by atoms with E-state index in [9.17, 15) is 0 Å². The second kappa shape index (κ2) is 12.0. The number of rotatable bonds is 7. The summed E-state index contributed by atoms with van der Waals surface area (Å²) in [5.41, 5.74) is 3.85. The fraction of sp³-hybridized carbons (Fsp3) is 0.379. The minimum absolute atomic E-state index is 0. The van der Waals surface area contributed by atoms with E-state index in [-0.39, 0.29) is 30.7 Å². The Bertz CT molecular complexity index is 1070. The first kappa shape index (κ1) is 27.2. The number of para-hydroxylation sites is 2. The number of nitrogens with zero attached hydrogens (tertiary/aromatic N) is 2. The van der Waals surface area contributed by atoms with Crippen LogP contribution in [0.3, 0.4) is 0 Å². The average Bonchev–Trinajstić information content (AvgIpc) is 2.90. The average molecular weight is 516 g/mol. The maximum atomic E-state index is 5.76. The van der Waals surface area contributed by atoms with Crippen molar-refractivity contribution in [1.29, 1.82) is 0 Å². The minimum Gasteiger partial charge on any atom is -0.497 e. The molecular formula is C29H36Cl2N2O2. The molecule has 3 saturated heterocycles. The second-order valence-corrected chi connectivity index (χ2v) is 9.30. The molecule has 3 heterocycles. The van der Waals surface area contributed by atoms with Gasteiger partial charge in [0.05, 0.1) is 19.9 Å². The van der Waals surface area contributed by atoms with Gasteiger partial charge in [0.1, 0.15) is 11.5 Å². The molecule has 3 aromatic carbocycles. The Morgan fingerprint density at radius 3 is 2.14 bits per heavy atom. The lowest BCUT2D eigenvalue weighted by molar-refractivity contribution is 0.0185. The van der Waals surface area contributed by atoms with Gasteiger partial charge in [0.25, 0.3) is 0 Å². The van der Waals surface area contributed by atoms with Crippen molar-refractivity contribution in [1.82, 2.24) is 4.90 Å². The predicted octanol–water partition coefficient (Wildman–Crippen LogP) is 6.28. The first-order valence-electron chi connectivity index (χ1n) is 12.0. The number of anilines is 1. The summed E-state index contributed by atoms with van der Waals surface area (Å²) in [5, 5.41) is 0. The normalized spacial score (nSPS) is 23.4. The Morgan fingerprint density at radius 2 is 1.46 bits per heavy atom. The summed E-state index contributed by atoms with van der Waals surface area (Å²) in [5.74, 6) is 2.77. The Kier molecular flexibility index (Phi) is 9.34. The fourth-order valence-corrected chi connectivity index (χ4v) is 6.17. The van der Waals surface area contributed by atoms with Gasteiger partial charge in [-0.15, -0.1) is 24.8 Å². The van der Waals surface area contributed by atoms with E-state index in [0.717, 1.165) is 11.5 Å². The van der Waals surface area contributed by atoms with Crippen molar-refractivity contribution in [2.45, 2.75) is 30.8 Å². The lowest BCUT2D eigenvalue weighted by Crippen LogP contribution is -2.65. The number of hydrogen-bond acceptors (Lipinski definition) is 4. The summed E-state index contributed by atoms with van der Waals surface area (Å²) < 4.78 is 11.4. The maximum absolute atomic E-state index is 5.76. The molecular weight excluding hydrogens is 479 g/mol. The Balaban J connectivity index is 0.00000171. The van der Waals surface area contributed by atoms with Gasteiger partial charge in [0.15, 0.2) is 0 Å². The summed E-state index contributed by atoms with van der Waals surface area (Å²) in [6.07, 6.45) is 2.50. The van der Waals surface area contributed by atoms with E-state index in [4.69, 9.17) is 9.47 Å². The van der Waals surface area contributed by atoms with Crippen LogP contribution in [0.1, 0.15) is 29.9 Å². The highest BCUT2D eigenvalue weighted by Gasteiger charge is 2.48. The van der Waals surface area contributed by atoms with Gasteiger partial charge in [-0.2, -0.15) is 0 Å². The Hall–Kier alpha value is -2.40. The number of likely N-dealkylation sites (N-methyl/N-ethyl adjacent to an activating group) is 1. The van der Waals surface area contributed by atoms with Crippen LogP contribution in [0.2, 0.25) is 0 Å². The molecule has 3 aliphatic rings. The van der Waals surface area contributed by atoms with Crippen molar-refractivity contribution < 1.29 is 9.47 Å². The molecule has 35 heavy (non-hydrogen) atoms. The van der Waals surface area contributed by atoms with E-state index >= 15 is 0 Å². The molecule has 0 aliphatic carbocycles. The number of piperidine rings is 3. The summed E-state index contributed by atoms with van der Waals surface area (Å²) in [6, 6.07) is 28.8. The van der Waals surface area contributed by atoms with Crippen LogP contribution >= 0.6 is 24.8 Å². The molecule has 4 nitrogen and oxygen atoms in total. The zero-order valence-corrected chi connectivity index (χ0v) is 22.3. The molecule has 3 unspecified atom stereocenters. The molecule has 6 rings (SSSR count). The van der Waals surface area contributed by atoms with Crippen molar-refractivity contribution in [3.63, 3.8) is 0 Å². The van der Waals surface area contributed by atoms with Crippen LogP contribution in [0, 0.1) is 5.92 Å². The SMILES string of the molecule is COc1cccc(C(c2ccccc2)C2C(N(C)c3ccccc3OC)C3CCN2CC3)c1.Cl.Cl. The summed E-state index contributed by atoms with van der Waals surface area (Å²) >= 11 is 0.